The van der Waals surface area contributed by atoms with Gasteiger partial charge in [-0.15, -0.1) is 0 Å². The van der Waals surface area contributed by atoms with E-state index in [1.807, 2.05) is 6.92 Å². The molecule has 0 spiro atoms. The molecule has 0 aliphatic heterocycles. The van der Waals surface area contributed by atoms with Crippen molar-refractivity contribution in [1.29, 1.82) is 0 Å². The number of hydrogen-bond acceptors (Lipinski definition) is 0. The molecule has 0 aliphatic rings. The van der Waals surface area contributed by atoms with E-state index >= 15 is 0 Å². The fourth-order valence-electron chi connectivity index (χ4n) is 1.09. The first kappa shape index (κ1) is 10.2. The minimum atomic E-state index is -0.664. The van der Waals surface area contributed by atoms with Crippen LogP contribution >= 0.6 is 0 Å². The van der Waals surface area contributed by atoms with Crippen LogP contribution in [0.1, 0.15) is 25.8 Å². The molecular formula is C10H11BF2. The number of benzene rings is 1. The van der Waals surface area contributed by atoms with Gasteiger partial charge in [0.2, 0.25) is 0 Å². The van der Waals surface area contributed by atoms with Gasteiger partial charge in [-0.05, 0) is 23.0 Å². The number of halogens is 2. The van der Waals surface area contributed by atoms with Gasteiger partial charge in [0.15, 0.2) is 0 Å². The topological polar surface area (TPSA) is 0 Å². The Labute approximate surface area is 78.4 Å². The first-order chi connectivity index (χ1) is 5.95. The molecule has 1 unspecified atom stereocenters. The summed E-state index contributed by atoms with van der Waals surface area (Å²) in [6, 6.07) is 3.38. The lowest BCUT2D eigenvalue weighted by Gasteiger charge is -2.23. The van der Waals surface area contributed by atoms with Crippen molar-refractivity contribution >= 4 is 7.85 Å². The zero-order chi connectivity index (χ0) is 10.1. The Balaban J connectivity index is 3.15. The predicted molar refractivity (Wildman–Crippen MR) is 49.8 cm³/mol. The highest BCUT2D eigenvalue weighted by Crippen LogP contribution is 2.24. The first-order valence-electron chi connectivity index (χ1n) is 4.21. The van der Waals surface area contributed by atoms with Crippen molar-refractivity contribution in [3.63, 3.8) is 0 Å². The van der Waals surface area contributed by atoms with Crippen LogP contribution in [0.5, 0.6) is 0 Å². The molecule has 0 fully saturated rings. The van der Waals surface area contributed by atoms with Gasteiger partial charge in [0.05, 0.1) is 7.85 Å². The third-order valence-electron chi connectivity index (χ3n) is 2.26. The normalized spacial score (nSPS) is 15.4. The molecule has 0 nitrogen and oxygen atoms in total. The monoisotopic (exact) mass is 180 g/mol. The number of rotatable bonds is 2. The molecule has 0 bridgehead atoms. The highest BCUT2D eigenvalue weighted by Gasteiger charge is 2.18. The maximum absolute atomic E-state index is 12.8. The summed E-state index contributed by atoms with van der Waals surface area (Å²) >= 11 is 0. The Morgan fingerprint density at radius 2 is 1.69 bits per heavy atom. The molecule has 0 saturated heterocycles. The van der Waals surface area contributed by atoms with Crippen molar-refractivity contribution in [1.82, 2.24) is 0 Å². The summed E-state index contributed by atoms with van der Waals surface area (Å²) in [5.41, 5.74) is 0.493. The summed E-state index contributed by atoms with van der Waals surface area (Å²) in [5.74, 6) is -1.17. The molecular weight excluding hydrogens is 169 g/mol. The van der Waals surface area contributed by atoms with E-state index in [0.717, 1.165) is 6.07 Å². The lowest BCUT2D eigenvalue weighted by molar-refractivity contribution is 0.564. The average molecular weight is 180 g/mol. The standard InChI is InChI=1S/C10H11BF2/c1-3-10(2,11)7-4-8(12)6-9(13)5-7/h4-6H,3H2,1-2H3. The fourth-order valence-corrected chi connectivity index (χ4v) is 1.09. The van der Waals surface area contributed by atoms with E-state index in [1.165, 1.54) is 12.1 Å². The summed E-state index contributed by atoms with van der Waals surface area (Å²) in [4.78, 5) is 0. The van der Waals surface area contributed by atoms with Gasteiger partial charge in [-0.2, -0.15) is 0 Å². The van der Waals surface area contributed by atoms with Crippen molar-refractivity contribution < 1.29 is 8.78 Å². The van der Waals surface area contributed by atoms with E-state index in [-0.39, 0.29) is 0 Å². The van der Waals surface area contributed by atoms with Crippen molar-refractivity contribution in [3.05, 3.63) is 35.4 Å². The van der Waals surface area contributed by atoms with Crippen LogP contribution in [-0.4, -0.2) is 7.85 Å². The Bertz CT molecular complexity index is 288. The second-order valence-corrected chi connectivity index (χ2v) is 3.43. The van der Waals surface area contributed by atoms with E-state index in [4.69, 9.17) is 7.85 Å². The molecule has 1 rings (SSSR count). The Hall–Kier alpha value is -0.855. The van der Waals surface area contributed by atoms with E-state index in [9.17, 15) is 8.78 Å². The van der Waals surface area contributed by atoms with Crippen LogP contribution < -0.4 is 0 Å². The van der Waals surface area contributed by atoms with Crippen LogP contribution in [0.25, 0.3) is 0 Å². The van der Waals surface area contributed by atoms with Gasteiger partial charge in [-0.1, -0.05) is 20.3 Å². The second kappa shape index (κ2) is 3.48. The van der Waals surface area contributed by atoms with Crippen molar-refractivity contribution in [2.45, 2.75) is 25.6 Å². The molecule has 0 aliphatic carbocycles. The maximum Gasteiger partial charge on any atom is 0.126 e. The summed E-state index contributed by atoms with van der Waals surface area (Å²) < 4.78 is 25.6. The van der Waals surface area contributed by atoms with Gasteiger partial charge < -0.3 is 0 Å². The minimum absolute atomic E-state index is 0.493. The third kappa shape index (κ3) is 2.30. The van der Waals surface area contributed by atoms with Crippen LogP contribution in [0.4, 0.5) is 8.78 Å². The second-order valence-electron chi connectivity index (χ2n) is 3.43. The van der Waals surface area contributed by atoms with E-state index in [1.54, 1.807) is 6.92 Å². The third-order valence-corrected chi connectivity index (χ3v) is 2.26. The van der Waals surface area contributed by atoms with Crippen LogP contribution in [0.3, 0.4) is 0 Å². The zero-order valence-corrected chi connectivity index (χ0v) is 7.77. The summed E-state index contributed by atoms with van der Waals surface area (Å²) in [6.45, 7) is 3.63. The molecule has 13 heavy (non-hydrogen) atoms. The first-order valence-corrected chi connectivity index (χ1v) is 4.21. The van der Waals surface area contributed by atoms with Crippen LogP contribution in [0, 0.1) is 11.6 Å². The van der Waals surface area contributed by atoms with Crippen LogP contribution in [0.15, 0.2) is 18.2 Å². The zero-order valence-electron chi connectivity index (χ0n) is 7.77. The van der Waals surface area contributed by atoms with E-state index in [2.05, 4.69) is 0 Å². The highest BCUT2D eigenvalue weighted by molar-refractivity contribution is 6.15. The van der Waals surface area contributed by atoms with Crippen molar-refractivity contribution in [2.75, 3.05) is 0 Å². The van der Waals surface area contributed by atoms with Gasteiger partial charge in [0.1, 0.15) is 11.6 Å². The summed E-state index contributed by atoms with van der Waals surface area (Å²) in [5, 5.41) is -0.664. The Kier molecular flexibility index (Phi) is 2.74. The van der Waals surface area contributed by atoms with Gasteiger partial charge in [0, 0.05) is 6.07 Å². The van der Waals surface area contributed by atoms with E-state index in [0.29, 0.717) is 12.0 Å². The largest absolute Gasteiger partial charge is 0.207 e. The van der Waals surface area contributed by atoms with Gasteiger partial charge in [-0.25, -0.2) is 8.78 Å². The van der Waals surface area contributed by atoms with E-state index < -0.39 is 16.9 Å². The summed E-state index contributed by atoms with van der Waals surface area (Å²) in [6.07, 6.45) is 0.635. The average Bonchev–Trinajstić information content (AvgIpc) is 2.02. The smallest absolute Gasteiger partial charge is 0.126 e. The minimum Gasteiger partial charge on any atom is -0.207 e. The molecule has 1 atom stereocenters. The molecule has 0 saturated carbocycles. The molecule has 0 aromatic heterocycles. The van der Waals surface area contributed by atoms with Crippen molar-refractivity contribution in [2.24, 2.45) is 0 Å². The van der Waals surface area contributed by atoms with Gasteiger partial charge >= 0.3 is 0 Å². The Morgan fingerprint density at radius 3 is 2.08 bits per heavy atom. The fraction of sp³-hybridized carbons (Fsp3) is 0.400. The molecule has 1 aromatic carbocycles. The molecule has 2 radical (unpaired) electrons. The predicted octanol–water partition coefficient (Wildman–Crippen LogP) is 2.76. The lowest BCUT2D eigenvalue weighted by atomic mass is 9.64. The molecule has 0 heterocycles. The van der Waals surface area contributed by atoms with Crippen LogP contribution in [0.2, 0.25) is 0 Å². The Morgan fingerprint density at radius 1 is 1.23 bits per heavy atom. The molecule has 3 heteroatoms. The maximum atomic E-state index is 12.8. The number of hydrogen-bond donors (Lipinski definition) is 0. The molecule has 68 valence electrons. The highest BCUT2D eigenvalue weighted by atomic mass is 19.1. The SMILES string of the molecule is [B]C(C)(CC)c1cc(F)cc(F)c1. The molecule has 0 amide bonds. The quantitative estimate of drug-likeness (QED) is 0.613. The van der Waals surface area contributed by atoms with Gasteiger partial charge in [0.25, 0.3) is 0 Å². The lowest BCUT2D eigenvalue weighted by Crippen LogP contribution is -2.21. The molecule has 1 aromatic rings. The molecule has 0 N–H and O–H groups in total. The van der Waals surface area contributed by atoms with Crippen molar-refractivity contribution in [3.8, 4) is 0 Å². The summed E-state index contributed by atoms with van der Waals surface area (Å²) in [7, 11) is 5.84. The van der Waals surface area contributed by atoms with Gasteiger partial charge in [-0.3, -0.25) is 0 Å². The van der Waals surface area contributed by atoms with Crippen LogP contribution in [-0.2, 0) is 5.31 Å².